The fourth-order valence-corrected chi connectivity index (χ4v) is 3.80. The van der Waals surface area contributed by atoms with Gasteiger partial charge in [-0.1, -0.05) is 42.5 Å². The molecule has 1 nitrogen and oxygen atoms in total. The smallest absolute Gasteiger partial charge is 1.00 e. The van der Waals surface area contributed by atoms with Crippen molar-refractivity contribution in [3.8, 4) is 5.69 Å². The Hall–Kier alpha value is -2.71. The SMILES string of the molecule is [C-]1=CC=CC1.[F-].[F-].[Zr+4].c1ccc2[cH-]c(-n3c4ccccc4c4ccccc43)cc2c1. The van der Waals surface area contributed by atoms with Crippen LogP contribution in [0.4, 0.5) is 0 Å². The molecule has 0 spiro atoms. The molecule has 5 aromatic rings. The fourth-order valence-electron chi connectivity index (χ4n) is 3.80. The summed E-state index contributed by atoms with van der Waals surface area (Å²) in [6.07, 6.45) is 10.0. The summed E-state index contributed by atoms with van der Waals surface area (Å²) in [6, 6.07) is 30.3. The first-order valence-electron chi connectivity index (χ1n) is 9.27. The minimum Gasteiger partial charge on any atom is -1.00 e. The Labute approximate surface area is 193 Å². The number of rotatable bonds is 1. The van der Waals surface area contributed by atoms with Crippen molar-refractivity contribution >= 4 is 32.6 Å². The predicted octanol–water partition coefficient (Wildman–Crippen LogP) is 0.967. The molecule has 0 unspecified atom stereocenters. The molecule has 6 rings (SSSR count). The first-order chi connectivity index (χ1) is 13.4. The maximum atomic E-state index is 2.99. The summed E-state index contributed by atoms with van der Waals surface area (Å²) in [5, 5.41) is 5.20. The van der Waals surface area contributed by atoms with Gasteiger partial charge >= 0.3 is 26.2 Å². The second kappa shape index (κ2) is 10.4. The standard InChI is InChI=1S/C21H14N.C5H5.2FH.Zr/c1-2-8-16-14-17(13-15(16)7-1)22-20-11-5-3-9-18(20)19-10-4-6-12-21(19)22;1-2-4-5-3-1;;;/h1-14H;1-3H,4H2;2*1H;/q2*-1;;;+4/p-2. The van der Waals surface area contributed by atoms with Gasteiger partial charge in [0.1, 0.15) is 0 Å². The maximum Gasteiger partial charge on any atom is 4.00 e. The largest absolute Gasteiger partial charge is 4.00 e. The van der Waals surface area contributed by atoms with Crippen LogP contribution in [0.3, 0.4) is 0 Å². The first-order valence-corrected chi connectivity index (χ1v) is 9.27. The molecule has 0 aliphatic heterocycles. The van der Waals surface area contributed by atoms with E-state index < -0.39 is 0 Å². The molecule has 0 amide bonds. The van der Waals surface area contributed by atoms with E-state index in [0.717, 1.165) is 6.42 Å². The van der Waals surface area contributed by atoms with Crippen molar-refractivity contribution in [3.63, 3.8) is 0 Å². The molecule has 0 radical (unpaired) electrons. The second-order valence-electron chi connectivity index (χ2n) is 6.72. The second-order valence-corrected chi connectivity index (χ2v) is 6.72. The molecule has 0 N–H and O–H groups in total. The number of hydrogen-bond donors (Lipinski definition) is 0. The molecule has 0 saturated heterocycles. The number of nitrogens with zero attached hydrogens (tertiary/aromatic N) is 1. The van der Waals surface area contributed by atoms with Crippen LogP contribution in [0.5, 0.6) is 0 Å². The topological polar surface area (TPSA) is 4.93 Å². The molecular weight excluding hydrogens is 456 g/mol. The monoisotopic (exact) mass is 473 g/mol. The first kappa shape index (κ1) is 23.6. The van der Waals surface area contributed by atoms with E-state index in [2.05, 4.69) is 102 Å². The molecule has 146 valence electrons. The molecule has 0 bridgehead atoms. The van der Waals surface area contributed by atoms with Crippen LogP contribution >= 0.6 is 0 Å². The van der Waals surface area contributed by atoms with Gasteiger partial charge in [-0.3, -0.25) is 6.08 Å². The Bertz CT molecular complexity index is 1210. The maximum absolute atomic E-state index is 2.99. The van der Waals surface area contributed by atoms with Crippen molar-refractivity contribution in [2.75, 3.05) is 0 Å². The molecule has 4 heteroatoms. The number of aromatic nitrogens is 1. The van der Waals surface area contributed by atoms with Gasteiger partial charge in [-0.2, -0.15) is 6.08 Å². The van der Waals surface area contributed by atoms with Crippen molar-refractivity contribution in [2.24, 2.45) is 0 Å². The summed E-state index contributed by atoms with van der Waals surface area (Å²) in [5.41, 5.74) is 3.76. The van der Waals surface area contributed by atoms with E-state index in [0.29, 0.717) is 0 Å². The van der Waals surface area contributed by atoms with Gasteiger partial charge in [-0.25, -0.2) is 12.2 Å². The average Bonchev–Trinajstić information content (AvgIpc) is 3.46. The molecule has 0 fully saturated rings. The minimum atomic E-state index is 0. The molecule has 30 heavy (non-hydrogen) atoms. The third-order valence-electron chi connectivity index (χ3n) is 5.03. The van der Waals surface area contributed by atoms with Crippen LogP contribution in [0, 0.1) is 6.08 Å². The fraction of sp³-hybridized carbons (Fsp3) is 0.0385. The van der Waals surface area contributed by atoms with Gasteiger partial charge in [0.2, 0.25) is 0 Å². The van der Waals surface area contributed by atoms with Gasteiger partial charge in [0.05, 0.1) is 11.0 Å². The summed E-state index contributed by atoms with van der Waals surface area (Å²) in [5.74, 6) is 0. The van der Waals surface area contributed by atoms with Crippen LogP contribution in [0.2, 0.25) is 0 Å². The van der Waals surface area contributed by atoms with E-state index in [4.69, 9.17) is 0 Å². The summed E-state index contributed by atoms with van der Waals surface area (Å²) in [7, 11) is 0. The van der Waals surface area contributed by atoms with Crippen LogP contribution in [0.25, 0.3) is 38.3 Å². The van der Waals surface area contributed by atoms with Gasteiger partial charge in [0.25, 0.3) is 0 Å². The zero-order chi connectivity index (χ0) is 18.1. The minimum absolute atomic E-state index is 0. The molecule has 4 aromatic carbocycles. The van der Waals surface area contributed by atoms with E-state index in [1.165, 1.54) is 38.3 Å². The van der Waals surface area contributed by atoms with Crippen LogP contribution in [-0.2, 0) is 26.2 Å². The summed E-state index contributed by atoms with van der Waals surface area (Å²) in [6.45, 7) is 0. The molecule has 1 aliphatic carbocycles. The van der Waals surface area contributed by atoms with Gasteiger partial charge in [-0.05, 0) is 17.8 Å². The predicted molar refractivity (Wildman–Crippen MR) is 115 cm³/mol. The number of fused-ring (bicyclic) bond motifs is 4. The Kier molecular flexibility index (Phi) is 8.14. The van der Waals surface area contributed by atoms with Gasteiger partial charge < -0.3 is 14.0 Å². The van der Waals surface area contributed by atoms with E-state index in [1.54, 1.807) is 0 Å². The summed E-state index contributed by atoms with van der Waals surface area (Å²) >= 11 is 0. The van der Waals surface area contributed by atoms with E-state index in [-0.39, 0.29) is 35.6 Å². The number of para-hydroxylation sites is 2. The van der Waals surface area contributed by atoms with Crippen LogP contribution in [-0.4, -0.2) is 4.57 Å². The quantitative estimate of drug-likeness (QED) is 0.319. The van der Waals surface area contributed by atoms with E-state index >= 15 is 0 Å². The number of benzene rings is 3. The van der Waals surface area contributed by atoms with E-state index in [1.807, 2.05) is 12.2 Å². The van der Waals surface area contributed by atoms with Crippen molar-refractivity contribution in [3.05, 3.63) is 109 Å². The molecule has 1 heterocycles. The zero-order valence-electron chi connectivity index (χ0n) is 16.2. The van der Waals surface area contributed by atoms with Crippen LogP contribution < -0.4 is 9.41 Å². The molecule has 0 atom stereocenters. The number of allylic oxidation sites excluding steroid dienone is 4. The number of hydrogen-bond acceptors (Lipinski definition) is 0. The molecule has 0 saturated carbocycles. The van der Waals surface area contributed by atoms with Gasteiger partial charge in [0.15, 0.2) is 0 Å². The average molecular weight is 475 g/mol. The Morgan fingerprint density at radius 1 is 0.767 bits per heavy atom. The normalized spacial score (nSPS) is 11.5. The van der Waals surface area contributed by atoms with Crippen molar-refractivity contribution in [1.29, 1.82) is 0 Å². The van der Waals surface area contributed by atoms with Gasteiger partial charge in [-0.15, -0.1) is 47.5 Å². The van der Waals surface area contributed by atoms with E-state index in [9.17, 15) is 0 Å². The van der Waals surface area contributed by atoms with Crippen molar-refractivity contribution < 1.29 is 35.6 Å². The summed E-state index contributed by atoms with van der Waals surface area (Å²) < 4.78 is 2.37. The van der Waals surface area contributed by atoms with Gasteiger partial charge in [0, 0.05) is 10.8 Å². The zero-order valence-corrected chi connectivity index (χ0v) is 18.7. The Morgan fingerprint density at radius 3 is 1.90 bits per heavy atom. The number of halogens is 2. The van der Waals surface area contributed by atoms with Crippen LogP contribution in [0.15, 0.2) is 103 Å². The molecule has 1 aliphatic rings. The summed E-state index contributed by atoms with van der Waals surface area (Å²) in [4.78, 5) is 0. The molecular formula is C26H19F2NZr. The van der Waals surface area contributed by atoms with Crippen molar-refractivity contribution in [2.45, 2.75) is 6.42 Å². The Morgan fingerprint density at radius 2 is 1.37 bits per heavy atom. The third-order valence-corrected chi connectivity index (χ3v) is 5.03. The van der Waals surface area contributed by atoms with Crippen molar-refractivity contribution in [1.82, 2.24) is 4.57 Å². The van der Waals surface area contributed by atoms with Crippen LogP contribution in [0.1, 0.15) is 6.42 Å². The Balaban J connectivity index is 0.000000356. The third kappa shape index (κ3) is 4.25. The molecule has 1 aromatic heterocycles.